The van der Waals surface area contributed by atoms with Gasteiger partial charge in [0.15, 0.2) is 0 Å². The molecule has 3 rings (SSSR count). The molecule has 0 unspecified atom stereocenters. The third kappa shape index (κ3) is 3.28. The van der Waals surface area contributed by atoms with E-state index in [1.165, 1.54) is 23.9 Å². The number of hydrogen-bond acceptors (Lipinski definition) is 3. The van der Waals surface area contributed by atoms with Crippen molar-refractivity contribution < 1.29 is 14.0 Å². The van der Waals surface area contributed by atoms with Crippen LogP contribution in [0.25, 0.3) is 0 Å². The average molecular weight is 316 g/mol. The second-order valence-electron chi connectivity index (χ2n) is 4.86. The van der Waals surface area contributed by atoms with E-state index < -0.39 is 0 Å². The summed E-state index contributed by atoms with van der Waals surface area (Å²) in [5, 5.41) is 5.48. The van der Waals surface area contributed by atoms with Crippen LogP contribution < -0.4 is 10.6 Å². The van der Waals surface area contributed by atoms with E-state index in [0.29, 0.717) is 22.6 Å². The van der Waals surface area contributed by atoms with E-state index in [-0.39, 0.29) is 24.2 Å². The molecule has 0 atom stereocenters. The standard InChI is InChI=1S/C16H13FN2O2S/c17-12-3-1-2-10(6-12)8-18-16(21)11-4-5-14-13(7-11)19-15(20)9-22-14/h1-7H,8-9H2,(H,18,21)(H,19,20). The van der Waals surface area contributed by atoms with Crippen LogP contribution >= 0.6 is 11.8 Å². The minimum Gasteiger partial charge on any atom is -0.348 e. The van der Waals surface area contributed by atoms with Crippen molar-refractivity contribution in [3.63, 3.8) is 0 Å². The maximum absolute atomic E-state index is 13.1. The van der Waals surface area contributed by atoms with Gasteiger partial charge in [-0.3, -0.25) is 9.59 Å². The number of nitrogens with one attached hydrogen (secondary N) is 2. The number of amides is 2. The van der Waals surface area contributed by atoms with Gasteiger partial charge in [-0.2, -0.15) is 0 Å². The van der Waals surface area contributed by atoms with Gasteiger partial charge in [-0.05, 0) is 35.9 Å². The number of carbonyl (C=O) groups is 2. The second-order valence-corrected chi connectivity index (χ2v) is 5.88. The number of fused-ring (bicyclic) bond motifs is 1. The zero-order chi connectivity index (χ0) is 15.5. The lowest BCUT2D eigenvalue weighted by molar-refractivity contribution is -0.113. The lowest BCUT2D eigenvalue weighted by Gasteiger charge is -2.17. The molecular weight excluding hydrogens is 303 g/mol. The summed E-state index contributed by atoms with van der Waals surface area (Å²) in [6.07, 6.45) is 0. The highest BCUT2D eigenvalue weighted by molar-refractivity contribution is 8.00. The molecule has 0 saturated carbocycles. The summed E-state index contributed by atoms with van der Waals surface area (Å²) in [4.78, 5) is 24.5. The molecule has 6 heteroatoms. The number of thioether (sulfide) groups is 1. The largest absolute Gasteiger partial charge is 0.348 e. The van der Waals surface area contributed by atoms with Crippen LogP contribution in [0.4, 0.5) is 10.1 Å². The first-order chi connectivity index (χ1) is 10.6. The summed E-state index contributed by atoms with van der Waals surface area (Å²) in [6.45, 7) is 0.245. The molecule has 0 aliphatic carbocycles. The molecule has 2 aromatic carbocycles. The van der Waals surface area contributed by atoms with Gasteiger partial charge in [0.2, 0.25) is 5.91 Å². The SMILES string of the molecule is O=C1CSc2ccc(C(=O)NCc3cccc(F)c3)cc2N1. The molecule has 0 bridgehead atoms. The van der Waals surface area contributed by atoms with Gasteiger partial charge in [0.05, 0.1) is 11.4 Å². The van der Waals surface area contributed by atoms with Gasteiger partial charge >= 0.3 is 0 Å². The number of hydrogen-bond donors (Lipinski definition) is 2. The summed E-state index contributed by atoms with van der Waals surface area (Å²) in [5.74, 6) is -0.287. The van der Waals surface area contributed by atoms with Crippen molar-refractivity contribution in [3.8, 4) is 0 Å². The topological polar surface area (TPSA) is 58.2 Å². The third-order valence-electron chi connectivity index (χ3n) is 3.22. The number of rotatable bonds is 3. The molecule has 0 aromatic heterocycles. The molecule has 2 N–H and O–H groups in total. The predicted molar refractivity (Wildman–Crippen MR) is 83.4 cm³/mol. The molecule has 2 amide bonds. The van der Waals surface area contributed by atoms with Gasteiger partial charge < -0.3 is 10.6 Å². The van der Waals surface area contributed by atoms with Crippen LogP contribution in [0.5, 0.6) is 0 Å². The number of carbonyl (C=O) groups excluding carboxylic acids is 2. The Morgan fingerprint density at radius 1 is 1.27 bits per heavy atom. The van der Waals surface area contributed by atoms with Gasteiger partial charge in [-0.1, -0.05) is 12.1 Å². The first-order valence-corrected chi connectivity index (χ1v) is 7.70. The number of benzene rings is 2. The van der Waals surface area contributed by atoms with Crippen LogP contribution in [0.1, 0.15) is 15.9 Å². The van der Waals surface area contributed by atoms with Crippen molar-refractivity contribution in [3.05, 3.63) is 59.4 Å². The van der Waals surface area contributed by atoms with Crippen LogP contribution in [-0.2, 0) is 11.3 Å². The predicted octanol–water partition coefficient (Wildman–Crippen LogP) is 2.80. The van der Waals surface area contributed by atoms with Gasteiger partial charge in [0, 0.05) is 17.0 Å². The quantitative estimate of drug-likeness (QED) is 0.915. The van der Waals surface area contributed by atoms with E-state index in [1.807, 2.05) is 6.07 Å². The van der Waals surface area contributed by atoms with E-state index in [0.717, 1.165) is 4.90 Å². The molecule has 2 aromatic rings. The summed E-state index contributed by atoms with van der Waals surface area (Å²) in [7, 11) is 0. The Bertz CT molecular complexity index is 749. The number of anilines is 1. The Labute approximate surface area is 131 Å². The zero-order valence-electron chi connectivity index (χ0n) is 11.6. The van der Waals surface area contributed by atoms with E-state index in [4.69, 9.17) is 0 Å². The number of halogens is 1. The molecule has 0 fully saturated rings. The molecule has 1 aliphatic heterocycles. The van der Waals surface area contributed by atoms with Crippen LogP contribution in [0.2, 0.25) is 0 Å². The first-order valence-electron chi connectivity index (χ1n) is 6.71. The Morgan fingerprint density at radius 2 is 2.14 bits per heavy atom. The van der Waals surface area contributed by atoms with Crippen LogP contribution in [0, 0.1) is 5.82 Å². The van der Waals surface area contributed by atoms with Crippen molar-refractivity contribution in [1.82, 2.24) is 5.32 Å². The first kappa shape index (κ1) is 14.6. The molecule has 1 heterocycles. The smallest absolute Gasteiger partial charge is 0.251 e. The molecular formula is C16H13FN2O2S. The minimum absolute atomic E-state index is 0.0742. The van der Waals surface area contributed by atoms with Crippen LogP contribution in [0.15, 0.2) is 47.4 Å². The minimum atomic E-state index is -0.333. The Balaban J connectivity index is 1.70. The molecule has 112 valence electrons. The van der Waals surface area contributed by atoms with E-state index in [9.17, 15) is 14.0 Å². The van der Waals surface area contributed by atoms with E-state index in [2.05, 4.69) is 10.6 Å². The lowest BCUT2D eigenvalue weighted by Crippen LogP contribution is -2.24. The lowest BCUT2D eigenvalue weighted by atomic mass is 10.1. The fourth-order valence-electron chi connectivity index (χ4n) is 2.16. The average Bonchev–Trinajstić information content (AvgIpc) is 2.52. The molecule has 0 radical (unpaired) electrons. The normalized spacial score (nSPS) is 13.2. The third-order valence-corrected chi connectivity index (χ3v) is 4.29. The van der Waals surface area contributed by atoms with Crippen LogP contribution in [-0.4, -0.2) is 17.6 Å². The fourth-order valence-corrected chi connectivity index (χ4v) is 2.94. The Hall–Kier alpha value is -2.34. The van der Waals surface area contributed by atoms with Crippen molar-refractivity contribution in [2.24, 2.45) is 0 Å². The van der Waals surface area contributed by atoms with E-state index in [1.54, 1.807) is 24.3 Å². The highest BCUT2D eigenvalue weighted by Crippen LogP contribution is 2.31. The summed E-state index contributed by atoms with van der Waals surface area (Å²) >= 11 is 1.44. The Morgan fingerprint density at radius 3 is 2.95 bits per heavy atom. The molecule has 0 saturated heterocycles. The zero-order valence-corrected chi connectivity index (χ0v) is 12.4. The van der Waals surface area contributed by atoms with Crippen LogP contribution in [0.3, 0.4) is 0 Å². The van der Waals surface area contributed by atoms with Crippen molar-refractivity contribution in [2.75, 3.05) is 11.1 Å². The van der Waals surface area contributed by atoms with E-state index >= 15 is 0 Å². The monoisotopic (exact) mass is 316 g/mol. The van der Waals surface area contributed by atoms with Crippen molar-refractivity contribution in [1.29, 1.82) is 0 Å². The summed E-state index contributed by atoms with van der Waals surface area (Å²) in [6, 6.07) is 11.3. The molecule has 22 heavy (non-hydrogen) atoms. The summed E-state index contributed by atoms with van der Waals surface area (Å²) < 4.78 is 13.1. The van der Waals surface area contributed by atoms with Crippen molar-refractivity contribution >= 4 is 29.3 Å². The van der Waals surface area contributed by atoms with Gasteiger partial charge in [-0.15, -0.1) is 11.8 Å². The molecule has 0 spiro atoms. The fraction of sp³-hybridized carbons (Fsp3) is 0.125. The Kier molecular flexibility index (Phi) is 4.11. The molecule has 1 aliphatic rings. The highest BCUT2D eigenvalue weighted by Gasteiger charge is 2.17. The maximum Gasteiger partial charge on any atom is 0.251 e. The summed E-state index contributed by atoms with van der Waals surface area (Å²) in [5.41, 5.74) is 1.80. The molecule has 4 nitrogen and oxygen atoms in total. The van der Waals surface area contributed by atoms with Gasteiger partial charge in [-0.25, -0.2) is 4.39 Å². The van der Waals surface area contributed by atoms with Gasteiger partial charge in [0.1, 0.15) is 5.82 Å². The second kappa shape index (κ2) is 6.19. The van der Waals surface area contributed by atoms with Crippen molar-refractivity contribution in [2.45, 2.75) is 11.4 Å². The van der Waals surface area contributed by atoms with Gasteiger partial charge in [0.25, 0.3) is 5.91 Å². The maximum atomic E-state index is 13.1. The highest BCUT2D eigenvalue weighted by atomic mass is 32.2.